The molecule has 3 aromatic rings. The quantitative estimate of drug-likeness (QED) is 0.279. The third kappa shape index (κ3) is 6.06. The van der Waals surface area contributed by atoms with Crippen molar-refractivity contribution in [2.75, 3.05) is 33.4 Å². The summed E-state index contributed by atoms with van der Waals surface area (Å²) in [6.07, 6.45) is 10.2. The number of para-hydroxylation sites is 1. The summed E-state index contributed by atoms with van der Waals surface area (Å²) < 4.78 is 19.0. The van der Waals surface area contributed by atoms with Crippen molar-refractivity contribution in [1.29, 1.82) is 0 Å². The monoisotopic (exact) mass is 559 g/mol. The maximum Gasteiger partial charge on any atom is 0.242 e. The van der Waals surface area contributed by atoms with Gasteiger partial charge in [-0.15, -0.1) is 0 Å². The van der Waals surface area contributed by atoms with Gasteiger partial charge in [-0.1, -0.05) is 30.3 Å². The van der Waals surface area contributed by atoms with Crippen LogP contribution in [0.3, 0.4) is 0 Å². The predicted molar refractivity (Wildman–Crippen MR) is 157 cm³/mol. The minimum Gasteiger partial charge on any atom is -0.385 e. The number of ether oxygens (including phenoxy) is 1. The van der Waals surface area contributed by atoms with Crippen molar-refractivity contribution in [2.24, 2.45) is 23.2 Å². The summed E-state index contributed by atoms with van der Waals surface area (Å²) in [5, 5.41) is 1.15. The number of halogens is 1. The summed E-state index contributed by atoms with van der Waals surface area (Å²) >= 11 is 0. The summed E-state index contributed by atoms with van der Waals surface area (Å²) in [5.41, 5.74) is 2.80. The molecule has 0 spiro atoms. The number of hydrogen-bond acceptors (Lipinski definition) is 3. The van der Waals surface area contributed by atoms with E-state index in [1.54, 1.807) is 19.2 Å². The standard InChI is InChI=1S/C34H42FN3O3/c1-41-14-4-12-38(33(40)34-18-25-15-26(19-34)17-27(16-25)20-34)23-32(39)37(22-24-7-9-29(35)10-8-24)13-11-28-21-36-31-6-3-2-5-30(28)31/h2-3,5-10,21,25-27,36H,4,11-20,22-23H2,1H3. The molecule has 41 heavy (non-hydrogen) atoms. The number of hydrogen-bond donors (Lipinski definition) is 1. The lowest BCUT2D eigenvalue weighted by molar-refractivity contribution is -0.160. The number of amides is 2. The largest absolute Gasteiger partial charge is 0.385 e. The maximum atomic E-state index is 14.3. The van der Waals surface area contributed by atoms with E-state index in [-0.39, 0.29) is 29.6 Å². The van der Waals surface area contributed by atoms with Crippen LogP contribution in [0.2, 0.25) is 0 Å². The van der Waals surface area contributed by atoms with Crippen LogP contribution >= 0.6 is 0 Å². The lowest BCUT2D eigenvalue weighted by atomic mass is 9.49. The van der Waals surface area contributed by atoms with Crippen molar-refractivity contribution < 1.29 is 18.7 Å². The van der Waals surface area contributed by atoms with Crippen LogP contribution in [0.4, 0.5) is 4.39 Å². The van der Waals surface area contributed by atoms with Crippen LogP contribution in [-0.2, 0) is 27.3 Å². The minimum atomic E-state index is -0.298. The van der Waals surface area contributed by atoms with E-state index in [9.17, 15) is 14.0 Å². The molecule has 6 nitrogen and oxygen atoms in total. The number of carbonyl (C=O) groups excluding carboxylic acids is 2. The fourth-order valence-corrected chi connectivity index (χ4v) is 8.32. The van der Waals surface area contributed by atoms with Gasteiger partial charge in [-0.2, -0.15) is 0 Å². The van der Waals surface area contributed by atoms with Crippen molar-refractivity contribution in [2.45, 2.75) is 57.9 Å². The highest BCUT2D eigenvalue weighted by Gasteiger charge is 2.55. The van der Waals surface area contributed by atoms with E-state index in [0.717, 1.165) is 41.3 Å². The predicted octanol–water partition coefficient (Wildman–Crippen LogP) is 5.96. The fraction of sp³-hybridized carbons (Fsp3) is 0.529. The van der Waals surface area contributed by atoms with Crippen LogP contribution in [-0.4, -0.2) is 59.9 Å². The van der Waals surface area contributed by atoms with Gasteiger partial charge in [0.05, 0.1) is 12.0 Å². The van der Waals surface area contributed by atoms with Crippen molar-refractivity contribution in [3.05, 3.63) is 71.7 Å². The number of aromatic nitrogens is 1. The summed E-state index contributed by atoms with van der Waals surface area (Å²) in [6.45, 7) is 2.03. The minimum absolute atomic E-state index is 0.0651. The van der Waals surface area contributed by atoms with Crippen molar-refractivity contribution in [3.63, 3.8) is 0 Å². The van der Waals surface area contributed by atoms with Crippen molar-refractivity contribution >= 4 is 22.7 Å². The van der Waals surface area contributed by atoms with Gasteiger partial charge in [0.2, 0.25) is 11.8 Å². The van der Waals surface area contributed by atoms with Gasteiger partial charge < -0.3 is 19.5 Å². The highest BCUT2D eigenvalue weighted by Crippen LogP contribution is 2.60. The van der Waals surface area contributed by atoms with E-state index in [2.05, 4.69) is 11.1 Å². The van der Waals surface area contributed by atoms with E-state index in [1.165, 1.54) is 31.4 Å². The lowest BCUT2D eigenvalue weighted by Crippen LogP contribution is -2.56. The summed E-state index contributed by atoms with van der Waals surface area (Å²) in [7, 11) is 1.67. The molecule has 0 unspecified atom stereocenters. The van der Waals surface area contributed by atoms with Crippen LogP contribution in [0.25, 0.3) is 10.9 Å². The molecule has 2 aromatic carbocycles. The molecule has 0 aliphatic heterocycles. The molecule has 0 saturated heterocycles. The third-order valence-electron chi connectivity index (χ3n) is 9.85. The van der Waals surface area contributed by atoms with E-state index < -0.39 is 0 Å². The summed E-state index contributed by atoms with van der Waals surface area (Å²) in [4.78, 5) is 35.3. The number of carbonyl (C=O) groups is 2. The van der Waals surface area contributed by atoms with Crippen molar-refractivity contribution in [1.82, 2.24) is 14.8 Å². The molecule has 2 amide bonds. The molecular weight excluding hydrogens is 517 g/mol. The molecule has 0 radical (unpaired) electrons. The molecule has 1 aromatic heterocycles. The highest BCUT2D eigenvalue weighted by molar-refractivity contribution is 5.88. The number of methoxy groups -OCH3 is 1. The molecule has 218 valence electrons. The highest BCUT2D eigenvalue weighted by atomic mass is 19.1. The number of nitrogens with one attached hydrogen (secondary N) is 1. The smallest absolute Gasteiger partial charge is 0.242 e. The van der Waals surface area contributed by atoms with Gasteiger partial charge in [0.15, 0.2) is 0 Å². The van der Waals surface area contributed by atoms with Gasteiger partial charge >= 0.3 is 0 Å². The summed E-state index contributed by atoms with van der Waals surface area (Å²) in [6, 6.07) is 14.5. The number of nitrogens with zero attached hydrogens (tertiary/aromatic N) is 2. The molecule has 1 heterocycles. The van der Waals surface area contributed by atoms with E-state index in [1.807, 2.05) is 34.2 Å². The zero-order valence-corrected chi connectivity index (χ0v) is 24.1. The Morgan fingerprint density at radius 2 is 1.63 bits per heavy atom. The zero-order chi connectivity index (χ0) is 28.4. The summed E-state index contributed by atoms with van der Waals surface area (Å²) in [5.74, 6) is 1.80. The zero-order valence-electron chi connectivity index (χ0n) is 24.1. The lowest BCUT2D eigenvalue weighted by Gasteiger charge is -2.56. The van der Waals surface area contributed by atoms with Crippen LogP contribution in [0.1, 0.15) is 56.1 Å². The molecule has 7 rings (SSSR count). The Morgan fingerprint density at radius 1 is 0.951 bits per heavy atom. The maximum absolute atomic E-state index is 14.3. The average molecular weight is 560 g/mol. The Bertz CT molecular complexity index is 1330. The first kappa shape index (κ1) is 28.0. The average Bonchev–Trinajstić information content (AvgIpc) is 3.38. The van der Waals surface area contributed by atoms with Crippen LogP contribution in [0, 0.1) is 29.0 Å². The van der Waals surface area contributed by atoms with E-state index in [0.29, 0.717) is 56.8 Å². The molecule has 7 heteroatoms. The fourth-order valence-electron chi connectivity index (χ4n) is 8.32. The molecule has 1 N–H and O–H groups in total. The third-order valence-corrected chi connectivity index (χ3v) is 9.85. The first-order valence-electron chi connectivity index (χ1n) is 15.3. The van der Waals surface area contributed by atoms with Crippen molar-refractivity contribution in [3.8, 4) is 0 Å². The van der Waals surface area contributed by atoms with Gasteiger partial charge in [0.25, 0.3) is 0 Å². The van der Waals surface area contributed by atoms with E-state index in [4.69, 9.17) is 4.74 Å². The first-order valence-corrected chi connectivity index (χ1v) is 15.3. The number of H-pyrrole nitrogens is 1. The molecule has 0 atom stereocenters. The van der Waals surface area contributed by atoms with Crippen LogP contribution in [0.5, 0.6) is 0 Å². The second kappa shape index (κ2) is 12.0. The van der Waals surface area contributed by atoms with Gasteiger partial charge in [-0.3, -0.25) is 9.59 Å². The Morgan fingerprint density at radius 3 is 2.32 bits per heavy atom. The van der Waals surface area contributed by atoms with Gasteiger partial charge in [-0.05, 0) is 98.4 Å². The normalized spacial score (nSPS) is 24.6. The second-order valence-corrected chi connectivity index (χ2v) is 12.8. The Balaban J connectivity index is 1.21. The topological polar surface area (TPSA) is 65.6 Å². The SMILES string of the molecule is COCCCN(CC(=O)N(CCc1c[nH]c2ccccc12)Cc1ccc(F)cc1)C(=O)C12CC3CC(CC(C3)C1)C2. The molecular formula is C34H42FN3O3. The number of fused-ring (bicyclic) bond motifs is 1. The second-order valence-electron chi connectivity index (χ2n) is 12.8. The van der Waals surface area contributed by atoms with Crippen LogP contribution in [0.15, 0.2) is 54.7 Å². The Labute approximate surface area is 242 Å². The first-order chi connectivity index (χ1) is 19.9. The van der Waals surface area contributed by atoms with E-state index >= 15 is 0 Å². The van der Waals surface area contributed by atoms with Gasteiger partial charge in [-0.25, -0.2) is 4.39 Å². The van der Waals surface area contributed by atoms with Gasteiger partial charge in [0, 0.05) is 50.5 Å². The number of rotatable bonds is 12. The molecule has 4 bridgehead atoms. The molecule has 4 aliphatic carbocycles. The molecule has 4 fully saturated rings. The van der Waals surface area contributed by atoms with Gasteiger partial charge in [0.1, 0.15) is 5.82 Å². The molecule has 4 saturated carbocycles. The van der Waals surface area contributed by atoms with Crippen LogP contribution < -0.4 is 0 Å². The Hall–Kier alpha value is -3.19. The number of aromatic amines is 1. The molecule has 4 aliphatic rings. The Kier molecular flexibility index (Phi) is 8.16. The number of benzene rings is 2.